The lowest BCUT2D eigenvalue weighted by Gasteiger charge is -2.18. The Morgan fingerprint density at radius 3 is 2.40 bits per heavy atom. The van der Waals surface area contributed by atoms with Gasteiger partial charge in [-0.05, 0) is 59.0 Å². The van der Waals surface area contributed by atoms with Crippen LogP contribution in [-0.2, 0) is 0 Å². The van der Waals surface area contributed by atoms with Crippen LogP contribution in [0.4, 0.5) is 5.69 Å². The lowest BCUT2D eigenvalue weighted by atomic mass is 10.1. The van der Waals surface area contributed by atoms with E-state index in [4.69, 9.17) is 18.0 Å². The first-order valence-electron chi connectivity index (χ1n) is 5.92. The topological polar surface area (TPSA) is 46.3 Å². The molecule has 2 aromatic rings. The molecule has 0 aromatic heterocycles. The van der Waals surface area contributed by atoms with E-state index in [1.807, 2.05) is 48.5 Å². The number of nitrogens with zero attached hydrogens (tertiary/aromatic N) is 1. The van der Waals surface area contributed by atoms with Crippen molar-refractivity contribution >= 4 is 51.4 Å². The highest BCUT2D eigenvalue weighted by Gasteiger charge is 2.13. The summed E-state index contributed by atoms with van der Waals surface area (Å²) in [5, 5.41) is 0. The summed E-state index contributed by atoms with van der Waals surface area (Å²) in [5.74, 6) is -0.0681. The van der Waals surface area contributed by atoms with Crippen LogP contribution in [0.5, 0.6) is 0 Å². The highest BCUT2D eigenvalue weighted by atomic mass is 127. The quantitative estimate of drug-likeness (QED) is 0.641. The molecule has 0 atom stereocenters. The minimum Gasteiger partial charge on any atom is -0.389 e. The Labute approximate surface area is 136 Å². The molecule has 2 aromatic carbocycles. The largest absolute Gasteiger partial charge is 0.389 e. The monoisotopic (exact) mass is 396 g/mol. The molecule has 20 heavy (non-hydrogen) atoms. The smallest absolute Gasteiger partial charge is 0.258 e. The molecule has 0 saturated carbocycles. The number of hydrogen-bond acceptors (Lipinski definition) is 2. The van der Waals surface area contributed by atoms with Crippen LogP contribution in [0, 0.1) is 3.57 Å². The zero-order valence-corrected chi connectivity index (χ0v) is 13.8. The summed E-state index contributed by atoms with van der Waals surface area (Å²) in [6.45, 7) is 0. The molecule has 3 nitrogen and oxygen atoms in total. The zero-order chi connectivity index (χ0) is 14.7. The molecule has 0 heterocycles. The van der Waals surface area contributed by atoms with Gasteiger partial charge in [0, 0.05) is 27.4 Å². The van der Waals surface area contributed by atoms with Crippen molar-refractivity contribution in [3.05, 3.63) is 63.2 Å². The van der Waals surface area contributed by atoms with Gasteiger partial charge in [-0.25, -0.2) is 0 Å². The Morgan fingerprint density at radius 1 is 1.15 bits per heavy atom. The summed E-state index contributed by atoms with van der Waals surface area (Å²) in [5.41, 5.74) is 7.77. The normalized spacial score (nSPS) is 10.1. The van der Waals surface area contributed by atoms with Crippen LogP contribution in [0.3, 0.4) is 0 Å². The fourth-order valence-electron chi connectivity index (χ4n) is 1.77. The highest BCUT2D eigenvalue weighted by molar-refractivity contribution is 14.1. The van der Waals surface area contributed by atoms with Crippen molar-refractivity contribution < 1.29 is 4.79 Å². The summed E-state index contributed by atoms with van der Waals surface area (Å²) in [4.78, 5) is 14.3. The van der Waals surface area contributed by atoms with Crippen LogP contribution in [-0.4, -0.2) is 17.9 Å². The molecule has 0 bridgehead atoms. The number of amides is 1. The number of hydrogen-bond donors (Lipinski definition) is 1. The van der Waals surface area contributed by atoms with Crippen molar-refractivity contribution in [1.29, 1.82) is 0 Å². The summed E-state index contributed by atoms with van der Waals surface area (Å²) in [7, 11) is 1.74. The average Bonchev–Trinajstić information content (AvgIpc) is 2.46. The third-order valence-electron chi connectivity index (χ3n) is 2.91. The van der Waals surface area contributed by atoms with E-state index < -0.39 is 0 Å². The third-order valence-corrected chi connectivity index (χ3v) is 3.87. The second-order valence-electron chi connectivity index (χ2n) is 4.29. The molecule has 0 spiro atoms. The standard InChI is InChI=1S/C15H13IN2OS/c1-18(13-4-2-3-11(9-13)14(17)20)15(19)10-5-7-12(16)8-6-10/h2-9H,1H3,(H2,17,20). The molecule has 1 amide bonds. The lowest BCUT2D eigenvalue weighted by molar-refractivity contribution is 0.0993. The first-order valence-corrected chi connectivity index (χ1v) is 7.41. The maximum absolute atomic E-state index is 12.4. The molecular weight excluding hydrogens is 383 g/mol. The lowest BCUT2D eigenvalue weighted by Crippen LogP contribution is -2.26. The SMILES string of the molecule is CN(C(=O)c1ccc(I)cc1)c1cccc(C(N)=S)c1. The Morgan fingerprint density at radius 2 is 1.80 bits per heavy atom. The molecule has 5 heteroatoms. The molecular formula is C15H13IN2OS. The van der Waals surface area contributed by atoms with E-state index in [1.165, 1.54) is 0 Å². The maximum Gasteiger partial charge on any atom is 0.258 e. The van der Waals surface area contributed by atoms with Gasteiger partial charge in [-0.1, -0.05) is 24.4 Å². The summed E-state index contributed by atoms with van der Waals surface area (Å²) in [6.07, 6.45) is 0. The van der Waals surface area contributed by atoms with Crippen LogP contribution in [0.1, 0.15) is 15.9 Å². The summed E-state index contributed by atoms with van der Waals surface area (Å²) >= 11 is 7.16. The summed E-state index contributed by atoms with van der Waals surface area (Å²) in [6, 6.07) is 14.8. The Hall–Kier alpha value is -1.47. The van der Waals surface area contributed by atoms with Gasteiger partial charge in [-0.2, -0.15) is 0 Å². The van der Waals surface area contributed by atoms with Crippen molar-refractivity contribution in [3.63, 3.8) is 0 Å². The maximum atomic E-state index is 12.4. The summed E-state index contributed by atoms with van der Waals surface area (Å²) < 4.78 is 1.09. The van der Waals surface area contributed by atoms with Crippen molar-refractivity contribution in [2.45, 2.75) is 0 Å². The second-order valence-corrected chi connectivity index (χ2v) is 5.97. The number of carbonyl (C=O) groups is 1. The van der Waals surface area contributed by atoms with Gasteiger partial charge in [0.2, 0.25) is 0 Å². The number of halogens is 1. The highest BCUT2D eigenvalue weighted by Crippen LogP contribution is 2.18. The van der Waals surface area contributed by atoms with Gasteiger partial charge in [0.05, 0.1) is 0 Å². The predicted molar refractivity (Wildman–Crippen MR) is 94.2 cm³/mol. The van der Waals surface area contributed by atoms with Gasteiger partial charge in [0.25, 0.3) is 5.91 Å². The van der Waals surface area contributed by atoms with Crippen LogP contribution >= 0.6 is 34.8 Å². The number of carbonyl (C=O) groups excluding carboxylic acids is 1. The van der Waals surface area contributed by atoms with E-state index in [9.17, 15) is 4.79 Å². The minimum atomic E-state index is -0.0681. The second kappa shape index (κ2) is 6.32. The third kappa shape index (κ3) is 3.34. The van der Waals surface area contributed by atoms with Gasteiger partial charge in [0.15, 0.2) is 0 Å². The molecule has 2 N–H and O–H groups in total. The van der Waals surface area contributed by atoms with E-state index in [0.717, 1.165) is 14.8 Å². The zero-order valence-electron chi connectivity index (χ0n) is 10.8. The van der Waals surface area contributed by atoms with Gasteiger partial charge in [-0.3, -0.25) is 4.79 Å². The van der Waals surface area contributed by atoms with Crippen molar-refractivity contribution in [2.75, 3.05) is 11.9 Å². The van der Waals surface area contributed by atoms with Crippen LogP contribution in [0.2, 0.25) is 0 Å². The fraction of sp³-hybridized carbons (Fsp3) is 0.0667. The molecule has 0 unspecified atom stereocenters. The molecule has 102 valence electrons. The van der Waals surface area contributed by atoms with Crippen molar-refractivity contribution in [1.82, 2.24) is 0 Å². The minimum absolute atomic E-state index is 0.0681. The Bertz CT molecular complexity index is 655. The van der Waals surface area contributed by atoms with Gasteiger partial charge in [0.1, 0.15) is 4.99 Å². The van der Waals surface area contributed by atoms with Gasteiger partial charge >= 0.3 is 0 Å². The number of benzene rings is 2. The number of rotatable bonds is 3. The van der Waals surface area contributed by atoms with Gasteiger partial charge < -0.3 is 10.6 Å². The molecule has 0 aliphatic heterocycles. The van der Waals surface area contributed by atoms with E-state index in [-0.39, 0.29) is 5.91 Å². The van der Waals surface area contributed by atoms with Crippen molar-refractivity contribution in [2.24, 2.45) is 5.73 Å². The van der Waals surface area contributed by atoms with Crippen LogP contribution in [0.15, 0.2) is 48.5 Å². The predicted octanol–water partition coefficient (Wildman–Crippen LogP) is 3.20. The molecule has 0 aliphatic carbocycles. The molecule has 0 aliphatic rings. The molecule has 2 rings (SSSR count). The fourth-order valence-corrected chi connectivity index (χ4v) is 2.26. The molecule has 0 radical (unpaired) electrons. The van der Waals surface area contributed by atoms with E-state index in [2.05, 4.69) is 22.6 Å². The molecule has 0 fully saturated rings. The Balaban J connectivity index is 2.28. The number of nitrogens with two attached hydrogens (primary N) is 1. The first-order chi connectivity index (χ1) is 9.49. The number of thiocarbonyl (C=S) groups is 1. The average molecular weight is 396 g/mol. The van der Waals surface area contributed by atoms with E-state index in [1.54, 1.807) is 11.9 Å². The van der Waals surface area contributed by atoms with Gasteiger partial charge in [-0.15, -0.1) is 0 Å². The Kier molecular flexibility index (Phi) is 4.72. The van der Waals surface area contributed by atoms with Crippen LogP contribution < -0.4 is 10.6 Å². The van der Waals surface area contributed by atoms with Crippen LogP contribution in [0.25, 0.3) is 0 Å². The van der Waals surface area contributed by atoms with Crippen molar-refractivity contribution in [3.8, 4) is 0 Å². The van der Waals surface area contributed by atoms with E-state index in [0.29, 0.717) is 10.6 Å². The molecule has 0 saturated heterocycles. The van der Waals surface area contributed by atoms with E-state index >= 15 is 0 Å². The first kappa shape index (κ1) is 14.9. The number of anilines is 1.